The molecule has 3 N–H and O–H groups in total. The Kier molecular flexibility index (Phi) is 6.78. The van der Waals surface area contributed by atoms with Crippen LogP contribution < -0.4 is 16.0 Å². The minimum atomic E-state index is -0.117. The normalized spacial score (nSPS) is 11.5. The SMILES string of the molecule is CCC(C)NC(=O)c1ccc(NCC(=O)Nc2cc(C)cc(C)c2)cc1. The molecule has 0 saturated heterocycles. The van der Waals surface area contributed by atoms with Crippen LogP contribution >= 0.6 is 0 Å². The first kappa shape index (κ1) is 19.5. The summed E-state index contributed by atoms with van der Waals surface area (Å²) < 4.78 is 0. The number of carbonyl (C=O) groups excluding carboxylic acids is 2. The van der Waals surface area contributed by atoms with Crippen LogP contribution in [0.2, 0.25) is 0 Å². The Morgan fingerprint density at radius 3 is 2.15 bits per heavy atom. The Hall–Kier alpha value is -2.82. The van der Waals surface area contributed by atoms with Crippen molar-refractivity contribution in [3.05, 3.63) is 59.2 Å². The molecule has 0 saturated carbocycles. The molecule has 2 aromatic rings. The highest BCUT2D eigenvalue weighted by Gasteiger charge is 2.08. The van der Waals surface area contributed by atoms with Gasteiger partial charge in [-0.1, -0.05) is 13.0 Å². The van der Waals surface area contributed by atoms with Gasteiger partial charge in [-0.25, -0.2) is 0 Å². The molecule has 5 heteroatoms. The molecule has 0 aliphatic rings. The summed E-state index contributed by atoms with van der Waals surface area (Å²) in [7, 11) is 0. The van der Waals surface area contributed by atoms with Gasteiger partial charge in [-0.05, 0) is 74.7 Å². The third kappa shape index (κ3) is 5.92. The van der Waals surface area contributed by atoms with Crippen molar-refractivity contribution in [1.82, 2.24) is 5.32 Å². The fraction of sp³-hybridized carbons (Fsp3) is 0.333. The zero-order valence-corrected chi connectivity index (χ0v) is 15.8. The van der Waals surface area contributed by atoms with Crippen LogP contribution in [0.5, 0.6) is 0 Å². The van der Waals surface area contributed by atoms with E-state index >= 15 is 0 Å². The largest absolute Gasteiger partial charge is 0.376 e. The van der Waals surface area contributed by atoms with Gasteiger partial charge in [-0.3, -0.25) is 9.59 Å². The van der Waals surface area contributed by atoms with E-state index in [2.05, 4.69) is 22.0 Å². The van der Waals surface area contributed by atoms with E-state index in [1.807, 2.05) is 39.8 Å². The molecule has 0 aromatic heterocycles. The van der Waals surface area contributed by atoms with E-state index in [4.69, 9.17) is 0 Å². The Morgan fingerprint density at radius 2 is 1.58 bits per heavy atom. The first-order valence-electron chi connectivity index (χ1n) is 8.90. The number of hydrogen-bond acceptors (Lipinski definition) is 3. The molecule has 138 valence electrons. The summed E-state index contributed by atoms with van der Waals surface area (Å²) in [6.07, 6.45) is 0.890. The van der Waals surface area contributed by atoms with Gasteiger partial charge in [0.2, 0.25) is 5.91 Å². The topological polar surface area (TPSA) is 70.2 Å². The Labute approximate surface area is 155 Å². The smallest absolute Gasteiger partial charge is 0.251 e. The molecule has 1 atom stereocenters. The number of hydrogen-bond donors (Lipinski definition) is 3. The van der Waals surface area contributed by atoms with E-state index in [9.17, 15) is 9.59 Å². The van der Waals surface area contributed by atoms with Gasteiger partial charge >= 0.3 is 0 Å². The van der Waals surface area contributed by atoms with Gasteiger partial charge in [-0.2, -0.15) is 0 Å². The van der Waals surface area contributed by atoms with Crippen molar-refractivity contribution in [3.8, 4) is 0 Å². The molecule has 0 aliphatic carbocycles. The second-order valence-electron chi connectivity index (χ2n) is 6.64. The van der Waals surface area contributed by atoms with Crippen LogP contribution in [0.1, 0.15) is 41.8 Å². The van der Waals surface area contributed by atoms with Gasteiger partial charge in [0.05, 0.1) is 6.54 Å². The predicted octanol–water partition coefficient (Wildman–Crippen LogP) is 3.88. The predicted molar refractivity (Wildman–Crippen MR) is 107 cm³/mol. The summed E-state index contributed by atoms with van der Waals surface area (Å²) in [6, 6.07) is 13.2. The molecule has 26 heavy (non-hydrogen) atoms. The number of amides is 2. The van der Waals surface area contributed by atoms with Crippen molar-refractivity contribution in [3.63, 3.8) is 0 Å². The zero-order chi connectivity index (χ0) is 19.1. The number of carbonyl (C=O) groups is 2. The van der Waals surface area contributed by atoms with Crippen LogP contribution in [0.15, 0.2) is 42.5 Å². The summed E-state index contributed by atoms with van der Waals surface area (Å²) in [5.41, 5.74) is 4.42. The number of anilines is 2. The lowest BCUT2D eigenvalue weighted by Crippen LogP contribution is -2.31. The number of benzene rings is 2. The molecule has 0 aliphatic heterocycles. The van der Waals surface area contributed by atoms with Crippen LogP contribution in [0.4, 0.5) is 11.4 Å². The molecule has 0 bridgehead atoms. The lowest BCUT2D eigenvalue weighted by Gasteiger charge is -2.12. The van der Waals surface area contributed by atoms with E-state index in [0.717, 1.165) is 28.9 Å². The summed E-state index contributed by atoms with van der Waals surface area (Å²) >= 11 is 0. The van der Waals surface area contributed by atoms with Crippen molar-refractivity contribution in [2.24, 2.45) is 0 Å². The number of aryl methyl sites for hydroxylation is 2. The molecule has 2 rings (SSSR count). The fourth-order valence-corrected chi connectivity index (χ4v) is 2.58. The highest BCUT2D eigenvalue weighted by atomic mass is 16.2. The number of nitrogens with one attached hydrogen (secondary N) is 3. The Morgan fingerprint density at radius 1 is 0.962 bits per heavy atom. The standard InChI is InChI=1S/C21H27N3O2/c1-5-16(4)23-21(26)17-6-8-18(9-7-17)22-13-20(25)24-19-11-14(2)10-15(3)12-19/h6-12,16,22H,5,13H2,1-4H3,(H,23,26)(H,24,25). The highest BCUT2D eigenvalue weighted by Crippen LogP contribution is 2.14. The Balaban J connectivity index is 1.87. The first-order valence-corrected chi connectivity index (χ1v) is 8.90. The van der Waals surface area contributed by atoms with Crippen molar-refractivity contribution in [2.45, 2.75) is 40.2 Å². The van der Waals surface area contributed by atoms with Crippen molar-refractivity contribution >= 4 is 23.2 Å². The van der Waals surface area contributed by atoms with Gasteiger partial charge in [-0.15, -0.1) is 0 Å². The monoisotopic (exact) mass is 353 g/mol. The molecule has 0 spiro atoms. The second kappa shape index (κ2) is 9.04. The van der Waals surface area contributed by atoms with E-state index < -0.39 is 0 Å². The quantitative estimate of drug-likeness (QED) is 0.707. The van der Waals surface area contributed by atoms with Crippen LogP contribution in [-0.4, -0.2) is 24.4 Å². The van der Waals surface area contributed by atoms with E-state index in [0.29, 0.717) is 5.56 Å². The molecule has 1 unspecified atom stereocenters. The summed E-state index contributed by atoms with van der Waals surface area (Å²) in [5, 5.41) is 8.88. The van der Waals surface area contributed by atoms with Crippen LogP contribution in [0, 0.1) is 13.8 Å². The van der Waals surface area contributed by atoms with Gasteiger partial charge in [0, 0.05) is 23.0 Å². The van der Waals surface area contributed by atoms with Gasteiger partial charge in [0.15, 0.2) is 0 Å². The lowest BCUT2D eigenvalue weighted by molar-refractivity contribution is -0.114. The summed E-state index contributed by atoms with van der Waals surface area (Å²) in [5.74, 6) is -0.202. The van der Waals surface area contributed by atoms with E-state index in [-0.39, 0.29) is 24.4 Å². The molecular formula is C21H27N3O2. The lowest BCUT2D eigenvalue weighted by atomic mass is 10.1. The Bertz CT molecular complexity index is 749. The zero-order valence-electron chi connectivity index (χ0n) is 15.8. The highest BCUT2D eigenvalue weighted by molar-refractivity contribution is 5.95. The van der Waals surface area contributed by atoms with Crippen LogP contribution in [0.25, 0.3) is 0 Å². The van der Waals surface area contributed by atoms with Crippen molar-refractivity contribution in [2.75, 3.05) is 17.2 Å². The second-order valence-corrected chi connectivity index (χ2v) is 6.64. The average Bonchev–Trinajstić information content (AvgIpc) is 2.59. The van der Waals surface area contributed by atoms with E-state index in [1.54, 1.807) is 24.3 Å². The summed E-state index contributed by atoms with van der Waals surface area (Å²) in [4.78, 5) is 24.2. The molecule has 2 amide bonds. The molecule has 5 nitrogen and oxygen atoms in total. The third-order valence-electron chi connectivity index (χ3n) is 4.10. The number of rotatable bonds is 7. The maximum absolute atomic E-state index is 12.1. The maximum atomic E-state index is 12.1. The fourth-order valence-electron chi connectivity index (χ4n) is 2.58. The van der Waals surface area contributed by atoms with Crippen LogP contribution in [-0.2, 0) is 4.79 Å². The molecule has 0 fully saturated rings. The minimum absolute atomic E-state index is 0.0848. The summed E-state index contributed by atoms with van der Waals surface area (Å²) in [6.45, 7) is 8.16. The van der Waals surface area contributed by atoms with E-state index in [1.165, 1.54) is 0 Å². The van der Waals surface area contributed by atoms with Crippen molar-refractivity contribution in [1.29, 1.82) is 0 Å². The first-order chi connectivity index (χ1) is 12.4. The minimum Gasteiger partial charge on any atom is -0.376 e. The van der Waals surface area contributed by atoms with Gasteiger partial charge in [0.25, 0.3) is 5.91 Å². The maximum Gasteiger partial charge on any atom is 0.251 e. The molecule has 2 aromatic carbocycles. The van der Waals surface area contributed by atoms with Gasteiger partial charge in [0.1, 0.15) is 0 Å². The van der Waals surface area contributed by atoms with Crippen LogP contribution in [0.3, 0.4) is 0 Å². The van der Waals surface area contributed by atoms with Crippen molar-refractivity contribution < 1.29 is 9.59 Å². The third-order valence-corrected chi connectivity index (χ3v) is 4.10. The van der Waals surface area contributed by atoms with Gasteiger partial charge < -0.3 is 16.0 Å². The average molecular weight is 353 g/mol. The molecular weight excluding hydrogens is 326 g/mol. The molecule has 0 heterocycles. The molecule has 0 radical (unpaired) electrons.